The number of hydrogen-bond donors (Lipinski definition) is 1. The standard InChI is InChI=1S/C29H26N2O7S/c1-5-38-18-13-14-20-22(15-18)39-29(30-20)31-24(19-7-6-8-21(36-3)27(19)37-4)23(26(33)28(31)34)25(32)16-9-11-17(35-2)12-10-16/h6-15,24,32H,5H2,1-4H3/b25-23+. The number of para-hydroxylation sites is 1. The second kappa shape index (κ2) is 10.7. The summed E-state index contributed by atoms with van der Waals surface area (Å²) in [6.07, 6.45) is 0. The number of thiazole rings is 1. The summed E-state index contributed by atoms with van der Waals surface area (Å²) in [5.41, 5.74) is 1.37. The van der Waals surface area contributed by atoms with Crippen LogP contribution in [0.25, 0.3) is 16.0 Å². The number of nitrogens with zero attached hydrogens (tertiary/aromatic N) is 2. The Morgan fingerprint density at radius 2 is 1.72 bits per heavy atom. The number of carbonyl (C=O) groups is 2. The van der Waals surface area contributed by atoms with Crippen molar-refractivity contribution in [3.05, 3.63) is 77.4 Å². The zero-order valence-corrected chi connectivity index (χ0v) is 22.6. The van der Waals surface area contributed by atoms with Gasteiger partial charge in [-0.1, -0.05) is 23.5 Å². The van der Waals surface area contributed by atoms with Crippen LogP contribution in [-0.2, 0) is 9.59 Å². The third kappa shape index (κ3) is 4.52. The molecule has 10 heteroatoms. The number of Topliss-reactive ketones (excluding diaryl/α,β-unsaturated/α-hetero) is 1. The largest absolute Gasteiger partial charge is 0.507 e. The number of benzene rings is 3. The molecule has 1 N–H and O–H groups in total. The summed E-state index contributed by atoms with van der Waals surface area (Å²) < 4.78 is 22.8. The van der Waals surface area contributed by atoms with Crippen LogP contribution < -0.4 is 23.8 Å². The number of anilines is 1. The molecule has 1 atom stereocenters. The van der Waals surface area contributed by atoms with Crippen molar-refractivity contribution in [3.63, 3.8) is 0 Å². The number of ether oxygens (including phenoxy) is 4. The Labute approximate surface area is 228 Å². The van der Waals surface area contributed by atoms with Gasteiger partial charge in [-0.25, -0.2) is 4.98 Å². The van der Waals surface area contributed by atoms with Gasteiger partial charge < -0.3 is 24.1 Å². The lowest BCUT2D eigenvalue weighted by molar-refractivity contribution is -0.132. The van der Waals surface area contributed by atoms with E-state index in [9.17, 15) is 14.7 Å². The maximum Gasteiger partial charge on any atom is 0.301 e. The van der Waals surface area contributed by atoms with Gasteiger partial charge >= 0.3 is 5.91 Å². The molecular weight excluding hydrogens is 520 g/mol. The zero-order chi connectivity index (χ0) is 27.7. The number of hydrogen-bond acceptors (Lipinski definition) is 9. The Hall–Kier alpha value is -4.57. The van der Waals surface area contributed by atoms with Crippen LogP contribution in [0, 0.1) is 0 Å². The molecule has 0 radical (unpaired) electrons. The number of rotatable bonds is 8. The number of aliphatic hydroxyl groups is 1. The van der Waals surface area contributed by atoms with E-state index < -0.39 is 17.7 Å². The van der Waals surface area contributed by atoms with Gasteiger partial charge in [0.05, 0.1) is 43.7 Å². The summed E-state index contributed by atoms with van der Waals surface area (Å²) >= 11 is 1.25. The number of aromatic nitrogens is 1. The van der Waals surface area contributed by atoms with Crippen molar-refractivity contribution in [2.45, 2.75) is 13.0 Å². The van der Waals surface area contributed by atoms with Gasteiger partial charge in [-0.3, -0.25) is 14.5 Å². The molecule has 200 valence electrons. The van der Waals surface area contributed by atoms with Gasteiger partial charge in [-0.2, -0.15) is 0 Å². The molecule has 1 aliphatic heterocycles. The van der Waals surface area contributed by atoms with Crippen LogP contribution in [0.4, 0.5) is 5.13 Å². The fraction of sp³-hybridized carbons (Fsp3) is 0.207. The third-order valence-corrected chi connectivity index (χ3v) is 7.42. The van der Waals surface area contributed by atoms with E-state index in [0.29, 0.717) is 51.4 Å². The van der Waals surface area contributed by atoms with Crippen molar-refractivity contribution < 1.29 is 33.6 Å². The first-order valence-corrected chi connectivity index (χ1v) is 12.9. The van der Waals surface area contributed by atoms with Crippen molar-refractivity contribution in [1.82, 2.24) is 4.98 Å². The molecule has 1 aliphatic rings. The first kappa shape index (κ1) is 26.1. The molecule has 5 rings (SSSR count). The van der Waals surface area contributed by atoms with E-state index in [1.807, 2.05) is 13.0 Å². The van der Waals surface area contributed by atoms with Gasteiger partial charge in [0, 0.05) is 11.1 Å². The van der Waals surface area contributed by atoms with Crippen LogP contribution in [0.1, 0.15) is 24.1 Å². The third-order valence-electron chi connectivity index (χ3n) is 6.40. The smallest absolute Gasteiger partial charge is 0.301 e. The van der Waals surface area contributed by atoms with Crippen molar-refractivity contribution in [2.24, 2.45) is 0 Å². The molecule has 1 fully saturated rings. The van der Waals surface area contributed by atoms with Crippen molar-refractivity contribution in [2.75, 3.05) is 32.8 Å². The van der Waals surface area contributed by atoms with E-state index in [-0.39, 0.29) is 11.3 Å². The van der Waals surface area contributed by atoms with Gasteiger partial charge in [-0.15, -0.1) is 0 Å². The number of fused-ring (bicyclic) bond motifs is 1. The van der Waals surface area contributed by atoms with E-state index in [4.69, 9.17) is 18.9 Å². The second-order valence-corrected chi connectivity index (χ2v) is 9.55. The maximum absolute atomic E-state index is 13.6. The van der Waals surface area contributed by atoms with E-state index in [2.05, 4.69) is 4.98 Å². The average molecular weight is 547 g/mol. The van der Waals surface area contributed by atoms with Crippen molar-refractivity contribution in [3.8, 4) is 23.0 Å². The minimum Gasteiger partial charge on any atom is -0.507 e. The summed E-state index contributed by atoms with van der Waals surface area (Å²) in [7, 11) is 4.51. The van der Waals surface area contributed by atoms with Gasteiger partial charge in [0.15, 0.2) is 16.6 Å². The Balaban J connectivity index is 1.74. The van der Waals surface area contributed by atoms with E-state index in [1.165, 1.54) is 37.6 Å². The molecule has 0 saturated carbocycles. The maximum atomic E-state index is 13.6. The Morgan fingerprint density at radius 3 is 2.38 bits per heavy atom. The lowest BCUT2D eigenvalue weighted by atomic mass is 9.94. The summed E-state index contributed by atoms with van der Waals surface area (Å²) in [5.74, 6) is 0.0178. The molecule has 0 spiro atoms. The summed E-state index contributed by atoms with van der Waals surface area (Å²) in [5, 5.41) is 11.7. The van der Waals surface area contributed by atoms with E-state index >= 15 is 0 Å². The highest BCUT2D eigenvalue weighted by Gasteiger charge is 2.49. The first-order valence-electron chi connectivity index (χ1n) is 12.1. The van der Waals surface area contributed by atoms with Crippen LogP contribution in [0.3, 0.4) is 0 Å². The Morgan fingerprint density at radius 1 is 0.974 bits per heavy atom. The Kier molecular flexibility index (Phi) is 7.12. The summed E-state index contributed by atoms with van der Waals surface area (Å²) in [6, 6.07) is 16.1. The van der Waals surface area contributed by atoms with Crippen LogP contribution in [0.5, 0.6) is 23.0 Å². The molecule has 1 saturated heterocycles. The van der Waals surface area contributed by atoms with Gasteiger partial charge in [0.25, 0.3) is 5.78 Å². The number of methoxy groups -OCH3 is 3. The summed E-state index contributed by atoms with van der Waals surface area (Å²) in [6.45, 7) is 2.40. The normalized spacial score (nSPS) is 16.5. The van der Waals surface area contributed by atoms with Crippen LogP contribution in [-0.4, -0.2) is 49.7 Å². The minimum absolute atomic E-state index is 0.0917. The van der Waals surface area contributed by atoms with E-state index in [1.54, 1.807) is 54.6 Å². The average Bonchev–Trinajstić information content (AvgIpc) is 3.49. The minimum atomic E-state index is -1.04. The molecule has 39 heavy (non-hydrogen) atoms. The van der Waals surface area contributed by atoms with Crippen LogP contribution >= 0.6 is 11.3 Å². The van der Waals surface area contributed by atoms with Crippen molar-refractivity contribution >= 4 is 44.1 Å². The number of aliphatic hydroxyl groups excluding tert-OH is 1. The number of carbonyl (C=O) groups excluding carboxylic acids is 2. The fourth-order valence-corrected chi connectivity index (χ4v) is 5.63. The molecule has 0 bridgehead atoms. The molecule has 4 aromatic rings. The fourth-order valence-electron chi connectivity index (χ4n) is 4.61. The SMILES string of the molecule is CCOc1ccc2nc(N3C(=O)C(=O)/C(=C(/O)c4ccc(OC)cc4)C3c3cccc(OC)c3OC)sc2c1. The monoisotopic (exact) mass is 546 g/mol. The quantitative estimate of drug-likeness (QED) is 0.179. The zero-order valence-electron chi connectivity index (χ0n) is 21.8. The van der Waals surface area contributed by atoms with Crippen LogP contribution in [0.15, 0.2) is 66.2 Å². The van der Waals surface area contributed by atoms with Gasteiger partial charge in [0.2, 0.25) is 0 Å². The topological polar surface area (TPSA) is 107 Å². The summed E-state index contributed by atoms with van der Waals surface area (Å²) in [4.78, 5) is 33.2. The molecule has 1 aromatic heterocycles. The predicted molar refractivity (Wildman–Crippen MR) is 148 cm³/mol. The van der Waals surface area contributed by atoms with E-state index in [0.717, 1.165) is 4.70 Å². The number of amides is 1. The molecule has 1 amide bonds. The molecule has 9 nitrogen and oxygen atoms in total. The highest BCUT2D eigenvalue weighted by molar-refractivity contribution is 7.22. The van der Waals surface area contributed by atoms with Crippen LogP contribution in [0.2, 0.25) is 0 Å². The van der Waals surface area contributed by atoms with Gasteiger partial charge in [0.1, 0.15) is 23.3 Å². The molecule has 1 unspecified atom stereocenters. The molecular formula is C29H26N2O7S. The highest BCUT2D eigenvalue weighted by Crippen LogP contribution is 2.48. The second-order valence-electron chi connectivity index (χ2n) is 8.54. The molecule has 0 aliphatic carbocycles. The highest BCUT2D eigenvalue weighted by atomic mass is 32.1. The lowest BCUT2D eigenvalue weighted by Gasteiger charge is -2.25. The molecule has 2 heterocycles. The predicted octanol–water partition coefficient (Wildman–Crippen LogP) is 5.35. The first-order chi connectivity index (χ1) is 18.9. The Bertz CT molecular complexity index is 1590. The van der Waals surface area contributed by atoms with Crippen molar-refractivity contribution in [1.29, 1.82) is 0 Å². The molecule has 3 aromatic carbocycles. The lowest BCUT2D eigenvalue weighted by Crippen LogP contribution is -2.29. The number of ketones is 1. The van der Waals surface area contributed by atoms with Gasteiger partial charge in [-0.05, 0) is 55.5 Å².